The molecule has 0 aliphatic heterocycles. The van der Waals surface area contributed by atoms with Crippen LogP contribution >= 0.6 is 31.9 Å². The number of nitrogens with zero attached hydrogens (tertiary/aromatic N) is 1. The van der Waals surface area contributed by atoms with Crippen LogP contribution in [0.1, 0.15) is 11.1 Å². The van der Waals surface area contributed by atoms with E-state index in [1.165, 1.54) is 5.56 Å². The Morgan fingerprint density at radius 3 is 2.32 bits per heavy atom. The third-order valence-electron chi connectivity index (χ3n) is 2.75. The van der Waals surface area contributed by atoms with Gasteiger partial charge in [-0.25, -0.2) is 0 Å². The Balaban J connectivity index is 1.83. The lowest BCUT2D eigenvalue weighted by Gasteiger charge is -2.08. The molecule has 2 aromatic rings. The number of benzene rings is 1. The van der Waals surface area contributed by atoms with Crippen molar-refractivity contribution in [3.05, 3.63) is 56.7 Å². The summed E-state index contributed by atoms with van der Waals surface area (Å²) in [6.07, 6.45) is 4.59. The van der Waals surface area contributed by atoms with Crippen LogP contribution in [0.5, 0.6) is 5.75 Å². The van der Waals surface area contributed by atoms with Gasteiger partial charge in [-0.05, 0) is 80.2 Å². The van der Waals surface area contributed by atoms with E-state index in [4.69, 9.17) is 0 Å². The fourth-order valence-electron chi connectivity index (χ4n) is 1.73. The van der Waals surface area contributed by atoms with Gasteiger partial charge in [-0.1, -0.05) is 0 Å². The Morgan fingerprint density at radius 1 is 1.05 bits per heavy atom. The molecule has 1 aromatic carbocycles. The van der Waals surface area contributed by atoms with Gasteiger partial charge in [-0.3, -0.25) is 4.98 Å². The number of halogens is 2. The van der Waals surface area contributed by atoms with Crippen molar-refractivity contribution in [2.24, 2.45) is 0 Å². The molecule has 0 amide bonds. The van der Waals surface area contributed by atoms with Crippen LogP contribution in [-0.2, 0) is 13.0 Å². The molecule has 1 heterocycles. The fourth-order valence-corrected chi connectivity index (χ4v) is 3.02. The molecule has 0 aliphatic rings. The number of hydrogen-bond acceptors (Lipinski definition) is 3. The third kappa shape index (κ3) is 4.30. The van der Waals surface area contributed by atoms with Gasteiger partial charge in [0, 0.05) is 18.9 Å². The maximum absolute atomic E-state index is 9.63. The number of rotatable bonds is 5. The highest BCUT2D eigenvalue weighted by molar-refractivity contribution is 9.11. The van der Waals surface area contributed by atoms with Crippen LogP contribution in [0.4, 0.5) is 0 Å². The topological polar surface area (TPSA) is 45.1 Å². The summed E-state index contributed by atoms with van der Waals surface area (Å²) < 4.78 is 1.40. The molecule has 0 saturated carbocycles. The van der Waals surface area contributed by atoms with E-state index in [1.54, 1.807) is 0 Å². The highest BCUT2D eigenvalue weighted by atomic mass is 79.9. The van der Waals surface area contributed by atoms with E-state index in [0.717, 1.165) is 25.1 Å². The first-order valence-corrected chi connectivity index (χ1v) is 7.52. The number of pyridine rings is 1. The van der Waals surface area contributed by atoms with E-state index >= 15 is 0 Å². The average molecular weight is 386 g/mol. The molecule has 100 valence electrons. The van der Waals surface area contributed by atoms with Crippen molar-refractivity contribution in [2.75, 3.05) is 6.54 Å². The maximum Gasteiger partial charge on any atom is 0.143 e. The molecule has 0 fully saturated rings. The van der Waals surface area contributed by atoms with Crippen LogP contribution in [0, 0.1) is 0 Å². The van der Waals surface area contributed by atoms with E-state index in [-0.39, 0.29) is 5.75 Å². The normalized spacial score (nSPS) is 10.6. The fraction of sp³-hybridized carbons (Fsp3) is 0.214. The van der Waals surface area contributed by atoms with E-state index in [1.807, 2.05) is 36.7 Å². The summed E-state index contributed by atoms with van der Waals surface area (Å²) in [5, 5.41) is 13.0. The molecule has 5 heteroatoms. The number of aromatic hydroxyl groups is 1. The average Bonchev–Trinajstić information content (AvgIpc) is 2.42. The summed E-state index contributed by atoms with van der Waals surface area (Å²) >= 11 is 6.66. The van der Waals surface area contributed by atoms with Crippen molar-refractivity contribution in [2.45, 2.75) is 13.0 Å². The first-order valence-electron chi connectivity index (χ1n) is 5.93. The standard InChI is InChI=1S/C14H14Br2N2O/c15-12-7-11(8-13(16)14(12)19)9-18-6-3-10-1-4-17-5-2-10/h1-2,4-5,7-8,18-19H,3,6,9H2. The summed E-state index contributed by atoms with van der Waals surface area (Å²) in [4.78, 5) is 3.99. The quantitative estimate of drug-likeness (QED) is 0.772. The van der Waals surface area contributed by atoms with Gasteiger partial charge in [-0.15, -0.1) is 0 Å². The van der Waals surface area contributed by atoms with Gasteiger partial charge in [0.25, 0.3) is 0 Å². The number of phenols is 1. The van der Waals surface area contributed by atoms with Crippen molar-refractivity contribution < 1.29 is 5.11 Å². The highest BCUT2D eigenvalue weighted by Gasteiger charge is 2.05. The van der Waals surface area contributed by atoms with Crippen LogP contribution in [0.3, 0.4) is 0 Å². The number of phenolic OH excluding ortho intramolecular Hbond substituents is 1. The maximum atomic E-state index is 9.63. The highest BCUT2D eigenvalue weighted by Crippen LogP contribution is 2.33. The summed E-state index contributed by atoms with van der Waals surface area (Å²) in [6, 6.07) is 7.88. The van der Waals surface area contributed by atoms with Crippen molar-refractivity contribution in [1.29, 1.82) is 0 Å². The predicted octanol–water partition coefficient (Wildman–Crippen LogP) is 3.64. The van der Waals surface area contributed by atoms with Crippen LogP contribution < -0.4 is 5.32 Å². The second-order valence-electron chi connectivity index (χ2n) is 4.19. The molecular formula is C14H14Br2N2O. The van der Waals surface area contributed by atoms with Gasteiger partial charge in [0.15, 0.2) is 0 Å². The van der Waals surface area contributed by atoms with Gasteiger partial charge in [0.1, 0.15) is 5.75 Å². The van der Waals surface area contributed by atoms with E-state index in [0.29, 0.717) is 8.95 Å². The smallest absolute Gasteiger partial charge is 0.143 e. The Bertz CT molecular complexity index is 523. The van der Waals surface area contributed by atoms with E-state index in [2.05, 4.69) is 42.2 Å². The molecule has 19 heavy (non-hydrogen) atoms. The van der Waals surface area contributed by atoms with Gasteiger partial charge < -0.3 is 10.4 Å². The van der Waals surface area contributed by atoms with Gasteiger partial charge in [0.05, 0.1) is 8.95 Å². The SMILES string of the molecule is Oc1c(Br)cc(CNCCc2ccncc2)cc1Br. The lowest BCUT2D eigenvalue weighted by atomic mass is 10.2. The summed E-state index contributed by atoms with van der Waals surface area (Å²) in [6.45, 7) is 1.67. The van der Waals surface area contributed by atoms with E-state index in [9.17, 15) is 5.11 Å². The first kappa shape index (κ1) is 14.5. The lowest BCUT2D eigenvalue weighted by molar-refractivity contribution is 0.468. The minimum absolute atomic E-state index is 0.237. The van der Waals surface area contributed by atoms with Crippen LogP contribution in [-0.4, -0.2) is 16.6 Å². The summed E-state index contributed by atoms with van der Waals surface area (Å²) in [5.41, 5.74) is 2.39. The Labute approximate surface area is 129 Å². The Kier molecular flexibility index (Phi) is 5.36. The zero-order valence-electron chi connectivity index (χ0n) is 10.2. The minimum Gasteiger partial charge on any atom is -0.506 e. The molecule has 1 aromatic heterocycles. The van der Waals surface area contributed by atoms with Crippen LogP contribution in [0.25, 0.3) is 0 Å². The molecule has 0 radical (unpaired) electrons. The van der Waals surface area contributed by atoms with Crippen LogP contribution in [0.2, 0.25) is 0 Å². The van der Waals surface area contributed by atoms with Crippen molar-refractivity contribution in [1.82, 2.24) is 10.3 Å². The predicted molar refractivity (Wildman–Crippen MR) is 83.2 cm³/mol. The minimum atomic E-state index is 0.237. The van der Waals surface area contributed by atoms with Gasteiger partial charge >= 0.3 is 0 Å². The van der Waals surface area contributed by atoms with Gasteiger partial charge in [-0.2, -0.15) is 0 Å². The zero-order valence-corrected chi connectivity index (χ0v) is 13.4. The largest absolute Gasteiger partial charge is 0.506 e. The second kappa shape index (κ2) is 7.03. The Morgan fingerprint density at radius 2 is 1.68 bits per heavy atom. The molecule has 0 unspecified atom stereocenters. The lowest BCUT2D eigenvalue weighted by Crippen LogP contribution is -2.16. The molecule has 0 bridgehead atoms. The van der Waals surface area contributed by atoms with Crippen molar-refractivity contribution in [3.63, 3.8) is 0 Å². The molecule has 0 saturated heterocycles. The van der Waals surface area contributed by atoms with Crippen LogP contribution in [0.15, 0.2) is 45.6 Å². The molecule has 3 nitrogen and oxygen atoms in total. The first-order chi connectivity index (χ1) is 9.16. The monoisotopic (exact) mass is 384 g/mol. The summed E-state index contributed by atoms with van der Waals surface area (Å²) in [7, 11) is 0. The molecule has 0 aliphatic carbocycles. The molecule has 2 rings (SSSR count). The zero-order chi connectivity index (χ0) is 13.7. The molecule has 0 atom stereocenters. The number of hydrogen-bond donors (Lipinski definition) is 2. The third-order valence-corrected chi connectivity index (χ3v) is 3.95. The van der Waals surface area contributed by atoms with Crippen molar-refractivity contribution in [3.8, 4) is 5.75 Å². The second-order valence-corrected chi connectivity index (χ2v) is 5.90. The van der Waals surface area contributed by atoms with E-state index < -0.39 is 0 Å². The van der Waals surface area contributed by atoms with Gasteiger partial charge in [0.2, 0.25) is 0 Å². The Hall–Kier alpha value is -0.910. The van der Waals surface area contributed by atoms with Crippen molar-refractivity contribution >= 4 is 31.9 Å². The molecular weight excluding hydrogens is 372 g/mol. The number of aromatic nitrogens is 1. The molecule has 2 N–H and O–H groups in total. The number of nitrogens with one attached hydrogen (secondary N) is 1. The summed E-state index contributed by atoms with van der Waals surface area (Å²) in [5.74, 6) is 0.237. The molecule has 0 spiro atoms.